The van der Waals surface area contributed by atoms with E-state index < -0.39 is 0 Å². The van der Waals surface area contributed by atoms with Gasteiger partial charge in [0, 0.05) is 30.7 Å². The molecular weight excluding hydrogens is 290 g/mol. The molecule has 0 saturated heterocycles. The molecule has 0 aliphatic heterocycles. The van der Waals surface area contributed by atoms with Crippen LogP contribution in [0, 0.1) is 20.8 Å². The van der Waals surface area contributed by atoms with Gasteiger partial charge in [0.25, 0.3) is 5.91 Å². The van der Waals surface area contributed by atoms with E-state index in [9.17, 15) is 9.59 Å². The van der Waals surface area contributed by atoms with Crippen molar-refractivity contribution < 1.29 is 9.59 Å². The quantitative estimate of drug-likeness (QED) is 0.850. The molecule has 1 heterocycles. The van der Waals surface area contributed by atoms with Crippen LogP contribution < -0.4 is 10.6 Å². The van der Waals surface area contributed by atoms with Crippen LogP contribution in [0.3, 0.4) is 0 Å². The van der Waals surface area contributed by atoms with E-state index in [-0.39, 0.29) is 11.8 Å². The third kappa shape index (κ3) is 3.94. The number of carbonyl (C=O) groups excluding carboxylic acids is 2. The number of aryl methyl sites for hydroxylation is 3. The first kappa shape index (κ1) is 16.7. The first-order valence-electron chi connectivity index (χ1n) is 7.47. The normalized spacial score (nSPS) is 11.0. The predicted molar refractivity (Wildman–Crippen MR) is 91.5 cm³/mol. The fourth-order valence-electron chi connectivity index (χ4n) is 2.49. The van der Waals surface area contributed by atoms with Gasteiger partial charge in [-0.25, -0.2) is 0 Å². The molecule has 0 atom stereocenters. The van der Waals surface area contributed by atoms with Crippen molar-refractivity contribution in [3.63, 3.8) is 0 Å². The van der Waals surface area contributed by atoms with Gasteiger partial charge in [0.2, 0.25) is 5.91 Å². The molecule has 1 aromatic heterocycles. The maximum atomic E-state index is 12.5. The van der Waals surface area contributed by atoms with Gasteiger partial charge in [-0.2, -0.15) is 0 Å². The summed E-state index contributed by atoms with van der Waals surface area (Å²) in [6.07, 6.45) is 3.01. The van der Waals surface area contributed by atoms with Crippen molar-refractivity contribution in [3.05, 3.63) is 52.7 Å². The molecule has 2 amide bonds. The number of amides is 2. The maximum Gasteiger partial charge on any atom is 0.252 e. The Labute approximate surface area is 135 Å². The highest BCUT2D eigenvalue weighted by atomic mass is 16.2. The van der Waals surface area contributed by atoms with E-state index in [0.29, 0.717) is 12.1 Å². The molecule has 0 aliphatic carbocycles. The molecule has 0 bridgehead atoms. The zero-order valence-electron chi connectivity index (χ0n) is 13.9. The molecule has 5 heteroatoms. The molecule has 2 rings (SSSR count). The topological polar surface area (TPSA) is 71.1 Å². The van der Waals surface area contributed by atoms with Crippen LogP contribution in [0.25, 0.3) is 10.9 Å². The highest BCUT2D eigenvalue weighted by molar-refractivity contribution is 6.07. The van der Waals surface area contributed by atoms with Crippen molar-refractivity contribution in [1.82, 2.24) is 15.6 Å². The zero-order valence-corrected chi connectivity index (χ0v) is 13.9. The number of likely N-dealkylation sites (N-methyl/N-ethyl adjacent to an activating group) is 1. The van der Waals surface area contributed by atoms with Crippen molar-refractivity contribution in [1.29, 1.82) is 0 Å². The zero-order chi connectivity index (χ0) is 17.0. The Balaban J connectivity index is 2.30. The molecule has 0 saturated carbocycles. The monoisotopic (exact) mass is 311 g/mol. The Morgan fingerprint density at radius 1 is 1.17 bits per heavy atom. The Morgan fingerprint density at radius 3 is 2.61 bits per heavy atom. The summed E-state index contributed by atoms with van der Waals surface area (Å²) in [4.78, 5) is 28.1. The van der Waals surface area contributed by atoms with Gasteiger partial charge in [0.05, 0.1) is 11.1 Å². The van der Waals surface area contributed by atoms with Crippen LogP contribution in [0.5, 0.6) is 0 Å². The second kappa shape index (κ2) is 7.05. The lowest BCUT2D eigenvalue weighted by Gasteiger charge is -2.10. The minimum Gasteiger partial charge on any atom is -0.356 e. The summed E-state index contributed by atoms with van der Waals surface area (Å²) >= 11 is 0. The average Bonchev–Trinajstić information content (AvgIpc) is 2.51. The second-order valence-electron chi connectivity index (χ2n) is 5.52. The van der Waals surface area contributed by atoms with Crippen LogP contribution in [-0.4, -0.2) is 30.4 Å². The van der Waals surface area contributed by atoms with Crippen LogP contribution in [-0.2, 0) is 4.79 Å². The molecule has 1 aromatic carbocycles. The highest BCUT2D eigenvalue weighted by Crippen LogP contribution is 2.23. The first-order chi connectivity index (χ1) is 10.9. The minimum atomic E-state index is -0.198. The molecule has 2 N–H and O–H groups in total. The van der Waals surface area contributed by atoms with Gasteiger partial charge in [0.15, 0.2) is 0 Å². The maximum absolute atomic E-state index is 12.5. The van der Waals surface area contributed by atoms with E-state index in [0.717, 1.165) is 27.7 Å². The summed E-state index contributed by atoms with van der Waals surface area (Å²) in [5.41, 5.74) is 4.40. The highest BCUT2D eigenvalue weighted by Gasteiger charge is 2.13. The van der Waals surface area contributed by atoms with Crippen molar-refractivity contribution in [2.24, 2.45) is 0 Å². The lowest BCUT2D eigenvalue weighted by Crippen LogP contribution is -2.24. The molecule has 0 unspecified atom stereocenters. The number of nitrogens with one attached hydrogen (secondary N) is 2. The second-order valence-corrected chi connectivity index (χ2v) is 5.52. The number of hydrogen-bond donors (Lipinski definition) is 2. The summed E-state index contributed by atoms with van der Waals surface area (Å²) in [5, 5.41) is 6.13. The molecule has 23 heavy (non-hydrogen) atoms. The van der Waals surface area contributed by atoms with Gasteiger partial charge in [-0.1, -0.05) is 17.7 Å². The molecule has 2 aromatic rings. The van der Waals surface area contributed by atoms with Gasteiger partial charge >= 0.3 is 0 Å². The largest absolute Gasteiger partial charge is 0.356 e. The minimum absolute atomic E-state index is 0.174. The SMILES string of the molecule is CNC(=O)/C=C/CNC(=O)c1cc(C)nc2c(C)cc(C)cc12. The number of carbonyl (C=O) groups is 2. The van der Waals surface area contributed by atoms with Crippen molar-refractivity contribution >= 4 is 22.7 Å². The summed E-state index contributed by atoms with van der Waals surface area (Å²) < 4.78 is 0. The Kier molecular flexibility index (Phi) is 5.11. The fourth-order valence-corrected chi connectivity index (χ4v) is 2.49. The molecule has 0 fully saturated rings. The van der Waals surface area contributed by atoms with E-state index in [1.54, 1.807) is 19.2 Å². The standard InChI is InChI=1S/C18H21N3O2/c1-11-8-12(2)17-14(9-11)15(10-13(3)21-17)18(23)20-7-5-6-16(22)19-4/h5-6,8-10H,7H2,1-4H3,(H,19,22)(H,20,23)/b6-5+. The van der Waals surface area contributed by atoms with Crippen molar-refractivity contribution in [2.75, 3.05) is 13.6 Å². The van der Waals surface area contributed by atoms with E-state index >= 15 is 0 Å². The van der Waals surface area contributed by atoms with E-state index in [1.807, 2.05) is 26.8 Å². The number of rotatable bonds is 4. The van der Waals surface area contributed by atoms with Crippen LogP contribution in [0.4, 0.5) is 0 Å². The molecule has 0 spiro atoms. The Hall–Kier alpha value is -2.69. The van der Waals surface area contributed by atoms with Crippen molar-refractivity contribution in [3.8, 4) is 0 Å². The summed E-state index contributed by atoms with van der Waals surface area (Å²) in [6, 6.07) is 5.83. The molecule has 120 valence electrons. The van der Waals surface area contributed by atoms with Gasteiger partial charge in [-0.3, -0.25) is 14.6 Å². The van der Waals surface area contributed by atoms with Crippen LogP contribution in [0.15, 0.2) is 30.4 Å². The lowest BCUT2D eigenvalue weighted by atomic mass is 10.0. The molecule has 0 aliphatic rings. The summed E-state index contributed by atoms with van der Waals surface area (Å²) in [6.45, 7) is 6.16. The van der Waals surface area contributed by atoms with Crippen LogP contribution in [0.1, 0.15) is 27.2 Å². The van der Waals surface area contributed by atoms with Gasteiger partial charge in [-0.15, -0.1) is 0 Å². The van der Waals surface area contributed by atoms with Crippen molar-refractivity contribution in [2.45, 2.75) is 20.8 Å². The predicted octanol–water partition coefficient (Wildman–Crippen LogP) is 2.19. The number of nitrogens with zero attached hydrogens (tertiary/aromatic N) is 1. The number of aromatic nitrogens is 1. The number of benzene rings is 1. The first-order valence-corrected chi connectivity index (χ1v) is 7.47. The Morgan fingerprint density at radius 2 is 1.91 bits per heavy atom. The third-order valence-corrected chi connectivity index (χ3v) is 3.52. The van der Waals surface area contributed by atoms with E-state index in [1.165, 1.54) is 6.08 Å². The van der Waals surface area contributed by atoms with Crippen LogP contribution >= 0.6 is 0 Å². The van der Waals surface area contributed by atoms with Gasteiger partial charge < -0.3 is 10.6 Å². The smallest absolute Gasteiger partial charge is 0.252 e. The number of fused-ring (bicyclic) bond motifs is 1. The Bertz CT molecular complexity index is 794. The summed E-state index contributed by atoms with van der Waals surface area (Å²) in [5.74, 6) is -0.372. The van der Waals surface area contributed by atoms with Gasteiger partial charge in [-0.05, 0) is 38.5 Å². The third-order valence-electron chi connectivity index (χ3n) is 3.52. The molecular formula is C18H21N3O2. The molecule has 5 nitrogen and oxygen atoms in total. The number of pyridine rings is 1. The fraction of sp³-hybridized carbons (Fsp3) is 0.278. The molecule has 0 radical (unpaired) electrons. The summed E-state index contributed by atoms with van der Waals surface area (Å²) in [7, 11) is 1.56. The van der Waals surface area contributed by atoms with Gasteiger partial charge in [0.1, 0.15) is 0 Å². The van der Waals surface area contributed by atoms with E-state index in [2.05, 4.69) is 21.7 Å². The van der Waals surface area contributed by atoms with Crippen LogP contribution in [0.2, 0.25) is 0 Å². The van der Waals surface area contributed by atoms with E-state index in [4.69, 9.17) is 0 Å². The number of hydrogen-bond acceptors (Lipinski definition) is 3. The lowest BCUT2D eigenvalue weighted by molar-refractivity contribution is -0.116. The average molecular weight is 311 g/mol.